The molecule has 224 valence electrons. The zero-order chi connectivity index (χ0) is 30.4. The molecule has 3 aromatic carbocycles. The summed E-state index contributed by atoms with van der Waals surface area (Å²) in [5.41, 5.74) is 4.71. The molecule has 1 aromatic heterocycles. The summed E-state index contributed by atoms with van der Waals surface area (Å²) < 4.78 is 28.1. The van der Waals surface area contributed by atoms with Crippen molar-refractivity contribution in [1.82, 2.24) is 14.4 Å². The number of amides is 1. The number of carbonyl (C=O) groups excluding carboxylic acids is 1. The molecule has 0 radical (unpaired) electrons. The van der Waals surface area contributed by atoms with Gasteiger partial charge in [0.2, 0.25) is 0 Å². The van der Waals surface area contributed by atoms with Crippen LogP contribution in [0.2, 0.25) is 0 Å². The lowest BCUT2D eigenvalue weighted by atomic mass is 9.83. The number of likely N-dealkylation sites (tertiary alicyclic amines) is 1. The Kier molecular flexibility index (Phi) is 9.93. The van der Waals surface area contributed by atoms with Crippen molar-refractivity contribution in [2.45, 2.75) is 31.7 Å². The summed E-state index contributed by atoms with van der Waals surface area (Å²) in [6.45, 7) is 3.05. The lowest BCUT2D eigenvalue weighted by Crippen LogP contribution is -2.37. The van der Waals surface area contributed by atoms with Crippen LogP contribution in [0.3, 0.4) is 0 Å². The Bertz CT molecular complexity index is 1550. The largest absolute Gasteiger partial charge is 0.508 e. The number of aromatic nitrogens is 1. The lowest BCUT2D eigenvalue weighted by Gasteiger charge is -2.29. The molecule has 42 heavy (non-hydrogen) atoms. The third kappa shape index (κ3) is 7.70. The summed E-state index contributed by atoms with van der Waals surface area (Å²) in [6, 6.07) is 22.7. The zero-order valence-electron chi connectivity index (χ0n) is 24.3. The van der Waals surface area contributed by atoms with Gasteiger partial charge in [-0.05, 0) is 74.8 Å². The van der Waals surface area contributed by atoms with Gasteiger partial charge in [0.05, 0.1) is 6.26 Å². The summed E-state index contributed by atoms with van der Waals surface area (Å²) in [4.78, 5) is 18.5. The smallest absolute Gasteiger partial charge is 0.270 e. The molecule has 5 rings (SSSR count). The number of likely N-dealkylation sites (N-methyl/N-ethyl adjacent to an activating group) is 1. The predicted molar refractivity (Wildman–Crippen MR) is 165 cm³/mol. The highest BCUT2D eigenvalue weighted by molar-refractivity contribution is 7.85. The van der Waals surface area contributed by atoms with Crippen LogP contribution in [0.15, 0.2) is 72.8 Å². The summed E-state index contributed by atoms with van der Waals surface area (Å²) in [5.74, 6) is 0.222. The topological polar surface area (TPSA) is 123 Å². The molecule has 1 fully saturated rings. The second kappa shape index (κ2) is 13.4. The van der Waals surface area contributed by atoms with Gasteiger partial charge in [-0.3, -0.25) is 9.35 Å². The van der Waals surface area contributed by atoms with Gasteiger partial charge in [0, 0.05) is 48.6 Å². The molecule has 4 aromatic rings. The highest BCUT2D eigenvalue weighted by Crippen LogP contribution is 2.41. The Morgan fingerprint density at radius 1 is 0.857 bits per heavy atom. The number of hydrogen-bond acceptors (Lipinski definition) is 6. The number of fused-ring (bicyclic) bond motifs is 1. The number of para-hydroxylation sites is 1. The number of nitrogens with zero attached hydrogens (tertiary/aromatic N) is 3. The van der Waals surface area contributed by atoms with E-state index in [0.717, 1.165) is 72.2 Å². The number of piperidine rings is 1. The van der Waals surface area contributed by atoms with Gasteiger partial charge in [0.1, 0.15) is 17.2 Å². The Hall–Kier alpha value is -3.86. The summed E-state index contributed by atoms with van der Waals surface area (Å²) in [5, 5.41) is 21.1. The van der Waals surface area contributed by atoms with Crippen molar-refractivity contribution in [3.05, 3.63) is 95.2 Å². The molecule has 0 atom stereocenters. The van der Waals surface area contributed by atoms with Crippen LogP contribution in [0.5, 0.6) is 11.5 Å². The van der Waals surface area contributed by atoms with E-state index in [0.29, 0.717) is 12.8 Å². The fraction of sp³-hybridized carbons (Fsp3) is 0.344. The maximum atomic E-state index is 14.3. The van der Waals surface area contributed by atoms with Gasteiger partial charge >= 0.3 is 0 Å². The van der Waals surface area contributed by atoms with Crippen LogP contribution in [0.25, 0.3) is 10.9 Å². The SMILES string of the molecule is CN(C)CCn1c(C(=O)N2CCCCC2)c(C(c2ccc(O)cc2)c2ccc(O)cc2)c2ccccc21.CS(=O)(=O)O. The Morgan fingerprint density at radius 2 is 1.36 bits per heavy atom. The van der Waals surface area contributed by atoms with Crippen LogP contribution < -0.4 is 0 Å². The fourth-order valence-corrected chi connectivity index (χ4v) is 5.49. The first kappa shape index (κ1) is 31.1. The Morgan fingerprint density at radius 3 is 1.86 bits per heavy atom. The predicted octanol–water partition coefficient (Wildman–Crippen LogP) is 4.92. The van der Waals surface area contributed by atoms with Gasteiger partial charge < -0.3 is 24.6 Å². The van der Waals surface area contributed by atoms with Crippen molar-refractivity contribution < 1.29 is 28.0 Å². The minimum atomic E-state index is -3.67. The molecule has 0 unspecified atom stereocenters. The van der Waals surface area contributed by atoms with Crippen LogP contribution in [0, 0.1) is 0 Å². The summed E-state index contributed by atoms with van der Waals surface area (Å²) >= 11 is 0. The quantitative estimate of drug-likeness (QED) is 0.260. The average molecular weight is 594 g/mol. The molecule has 1 amide bonds. The second-order valence-corrected chi connectivity index (χ2v) is 12.4. The third-order valence-electron chi connectivity index (χ3n) is 7.37. The molecular weight excluding hydrogens is 554 g/mol. The van der Waals surface area contributed by atoms with Gasteiger partial charge in [0.25, 0.3) is 16.0 Å². The lowest BCUT2D eigenvalue weighted by molar-refractivity contribution is 0.0712. The van der Waals surface area contributed by atoms with Crippen molar-refractivity contribution in [3.8, 4) is 11.5 Å². The van der Waals surface area contributed by atoms with E-state index in [4.69, 9.17) is 4.55 Å². The molecule has 10 heteroatoms. The first-order valence-electron chi connectivity index (χ1n) is 14.0. The molecule has 2 heterocycles. The van der Waals surface area contributed by atoms with Gasteiger partial charge in [-0.15, -0.1) is 0 Å². The number of rotatable bonds is 7. The standard InChI is InChI=1S/C31H35N3O3.CH4O3S/c1-32(2)20-21-34-27-9-5-4-8-26(27)29(30(34)31(37)33-18-6-3-7-19-33)28(22-10-14-24(35)15-11-22)23-12-16-25(36)17-13-23;1-5(2,3)4/h4-5,8-17,28,35-36H,3,6-7,18-21H2,1-2H3;1H3,(H,2,3,4). The first-order chi connectivity index (χ1) is 19.9. The van der Waals surface area contributed by atoms with E-state index in [1.807, 2.05) is 41.3 Å². The third-order valence-corrected chi connectivity index (χ3v) is 7.37. The number of hydrogen-bond donors (Lipinski definition) is 3. The highest BCUT2D eigenvalue weighted by Gasteiger charge is 2.32. The van der Waals surface area contributed by atoms with E-state index in [1.165, 1.54) is 0 Å². The van der Waals surface area contributed by atoms with Crippen LogP contribution in [-0.4, -0.2) is 83.4 Å². The second-order valence-electron chi connectivity index (χ2n) is 10.9. The highest BCUT2D eigenvalue weighted by atomic mass is 32.2. The number of phenols is 2. The van der Waals surface area contributed by atoms with Gasteiger partial charge in [-0.1, -0.05) is 42.5 Å². The number of phenolic OH excluding ortho intramolecular Hbond substituents is 2. The fourth-order valence-electron chi connectivity index (χ4n) is 5.49. The first-order valence-corrected chi connectivity index (χ1v) is 15.8. The number of benzene rings is 3. The molecular formula is C32H39N3O6S. The van der Waals surface area contributed by atoms with Crippen molar-refractivity contribution in [2.75, 3.05) is 40.0 Å². The Labute approximate surface area is 247 Å². The van der Waals surface area contributed by atoms with E-state index in [-0.39, 0.29) is 23.3 Å². The molecule has 1 saturated heterocycles. The normalized spacial score (nSPS) is 13.8. The molecule has 9 nitrogen and oxygen atoms in total. The molecule has 1 aliphatic heterocycles. The Balaban J connectivity index is 0.000000748. The monoisotopic (exact) mass is 593 g/mol. The summed E-state index contributed by atoms with van der Waals surface area (Å²) in [6.07, 6.45) is 3.92. The maximum absolute atomic E-state index is 14.3. The van der Waals surface area contributed by atoms with E-state index in [1.54, 1.807) is 24.3 Å². The number of carbonyl (C=O) groups is 1. The number of aromatic hydroxyl groups is 2. The van der Waals surface area contributed by atoms with Gasteiger partial charge in [-0.25, -0.2) is 0 Å². The van der Waals surface area contributed by atoms with E-state index in [2.05, 4.69) is 35.7 Å². The summed E-state index contributed by atoms with van der Waals surface area (Å²) in [7, 11) is 0.433. The molecule has 0 spiro atoms. The molecule has 0 aliphatic carbocycles. The minimum Gasteiger partial charge on any atom is -0.508 e. The van der Waals surface area contributed by atoms with Crippen LogP contribution in [-0.2, 0) is 16.7 Å². The van der Waals surface area contributed by atoms with Crippen molar-refractivity contribution in [2.24, 2.45) is 0 Å². The molecule has 0 saturated carbocycles. The van der Waals surface area contributed by atoms with Crippen molar-refractivity contribution in [1.29, 1.82) is 0 Å². The molecule has 3 N–H and O–H groups in total. The maximum Gasteiger partial charge on any atom is 0.270 e. The molecule has 1 aliphatic rings. The van der Waals surface area contributed by atoms with E-state index in [9.17, 15) is 23.4 Å². The van der Waals surface area contributed by atoms with Crippen molar-refractivity contribution >= 4 is 26.9 Å². The molecule has 0 bridgehead atoms. The zero-order valence-corrected chi connectivity index (χ0v) is 25.1. The minimum absolute atomic E-state index is 0.0761. The van der Waals surface area contributed by atoms with Crippen molar-refractivity contribution in [3.63, 3.8) is 0 Å². The van der Waals surface area contributed by atoms with Crippen LogP contribution >= 0.6 is 0 Å². The van der Waals surface area contributed by atoms with Crippen LogP contribution in [0.1, 0.15) is 52.4 Å². The van der Waals surface area contributed by atoms with E-state index < -0.39 is 10.1 Å². The van der Waals surface area contributed by atoms with Gasteiger partial charge in [0.15, 0.2) is 0 Å². The van der Waals surface area contributed by atoms with Gasteiger partial charge in [-0.2, -0.15) is 8.42 Å². The van der Waals surface area contributed by atoms with E-state index >= 15 is 0 Å². The average Bonchev–Trinajstić information content (AvgIpc) is 3.27. The van der Waals surface area contributed by atoms with Crippen LogP contribution in [0.4, 0.5) is 0 Å².